The second-order valence-corrected chi connectivity index (χ2v) is 8.33. The van der Waals surface area contributed by atoms with Crippen LogP contribution in [0.2, 0.25) is 0 Å². The van der Waals surface area contributed by atoms with Gasteiger partial charge in [-0.25, -0.2) is 9.97 Å². The lowest BCUT2D eigenvalue weighted by Crippen LogP contribution is -2.47. The molecule has 1 atom stereocenters. The van der Waals surface area contributed by atoms with Crippen molar-refractivity contribution in [1.82, 2.24) is 15.0 Å². The van der Waals surface area contributed by atoms with Crippen LogP contribution in [-0.2, 0) is 6.18 Å². The first kappa shape index (κ1) is 20.7. The van der Waals surface area contributed by atoms with Crippen LogP contribution in [0.25, 0.3) is 0 Å². The fourth-order valence-electron chi connectivity index (χ4n) is 3.11. The summed E-state index contributed by atoms with van der Waals surface area (Å²) in [6, 6.07) is 2.89. The highest BCUT2D eigenvalue weighted by Gasteiger charge is 2.36. The lowest BCUT2D eigenvalue weighted by Gasteiger charge is -2.42. The second-order valence-electron chi connectivity index (χ2n) is 7.30. The van der Waals surface area contributed by atoms with Crippen molar-refractivity contribution in [3.8, 4) is 0 Å². The summed E-state index contributed by atoms with van der Waals surface area (Å²) in [6.07, 6.45) is -0.0404. The molecule has 0 spiro atoms. The van der Waals surface area contributed by atoms with Gasteiger partial charge in [-0.15, -0.1) is 0 Å². The maximum Gasteiger partial charge on any atom is 0.434 e. The molecule has 2 aromatic rings. The molecule has 0 bridgehead atoms. The number of alkyl halides is 3. The smallest absolute Gasteiger partial charge is 0.381 e. The predicted molar refractivity (Wildman–Crippen MR) is 103 cm³/mol. The lowest BCUT2D eigenvalue weighted by molar-refractivity contribution is -0.143. The molecule has 0 aliphatic carbocycles. The van der Waals surface area contributed by atoms with E-state index in [9.17, 15) is 13.2 Å². The van der Waals surface area contributed by atoms with Crippen LogP contribution in [-0.4, -0.2) is 34.1 Å². The summed E-state index contributed by atoms with van der Waals surface area (Å²) in [5, 5.41) is 0.222. The molecule has 1 fully saturated rings. The molecule has 28 heavy (non-hydrogen) atoms. The molecule has 0 amide bonds. The zero-order valence-electron chi connectivity index (χ0n) is 15.7. The summed E-state index contributed by atoms with van der Waals surface area (Å²) in [7, 11) is 0. The van der Waals surface area contributed by atoms with Crippen LogP contribution < -0.4 is 16.4 Å². The molecule has 4 N–H and O–H groups in total. The Morgan fingerprint density at radius 3 is 2.50 bits per heavy atom. The highest BCUT2D eigenvalue weighted by atomic mass is 32.2. The first-order valence-electron chi connectivity index (χ1n) is 8.93. The largest absolute Gasteiger partial charge is 0.434 e. The third kappa shape index (κ3) is 4.33. The molecule has 152 valence electrons. The van der Waals surface area contributed by atoms with Crippen LogP contribution in [0.1, 0.15) is 32.4 Å². The average molecular weight is 412 g/mol. The number of halogens is 3. The minimum Gasteiger partial charge on any atom is -0.381 e. The van der Waals surface area contributed by atoms with Gasteiger partial charge in [-0.3, -0.25) is 4.98 Å². The van der Waals surface area contributed by atoms with E-state index in [-0.39, 0.29) is 27.2 Å². The standard InChI is InChI=1S/C18H23F3N6S/c1-11(22)17(2)5-8-27(9-6-17)13-10-25-16(15(23)26-13)28-12-4-3-7-24-14(12)18(19,20)21/h3-4,7,10-11H,5-6,8-9,22H2,1-2H3,(H2,23,26)/t11-/m0/s1. The molecular formula is C18H23F3N6S. The van der Waals surface area contributed by atoms with E-state index in [1.165, 1.54) is 12.1 Å². The molecular weight excluding hydrogens is 389 g/mol. The molecule has 1 aliphatic heterocycles. The van der Waals surface area contributed by atoms with Crippen molar-refractivity contribution < 1.29 is 13.2 Å². The number of rotatable bonds is 4. The van der Waals surface area contributed by atoms with Crippen molar-refractivity contribution in [3.63, 3.8) is 0 Å². The van der Waals surface area contributed by atoms with E-state index in [0.29, 0.717) is 5.82 Å². The first-order chi connectivity index (χ1) is 13.1. The van der Waals surface area contributed by atoms with Gasteiger partial charge >= 0.3 is 6.18 Å². The van der Waals surface area contributed by atoms with E-state index in [2.05, 4.69) is 26.8 Å². The van der Waals surface area contributed by atoms with Crippen molar-refractivity contribution in [2.45, 2.75) is 48.8 Å². The molecule has 3 rings (SSSR count). The van der Waals surface area contributed by atoms with Crippen LogP contribution in [0.5, 0.6) is 0 Å². The molecule has 0 saturated carbocycles. The van der Waals surface area contributed by atoms with Crippen LogP contribution in [0.15, 0.2) is 34.4 Å². The van der Waals surface area contributed by atoms with Crippen LogP contribution >= 0.6 is 11.8 Å². The molecule has 0 unspecified atom stereocenters. The van der Waals surface area contributed by atoms with Gasteiger partial charge in [-0.2, -0.15) is 13.2 Å². The van der Waals surface area contributed by atoms with E-state index in [1.807, 2.05) is 6.92 Å². The number of nitrogens with zero attached hydrogens (tertiary/aromatic N) is 4. The fourth-order valence-corrected chi connectivity index (χ4v) is 3.98. The zero-order chi connectivity index (χ0) is 20.5. The minimum atomic E-state index is -4.55. The quantitative estimate of drug-likeness (QED) is 0.793. The Kier molecular flexibility index (Phi) is 5.72. The molecule has 6 nitrogen and oxygen atoms in total. The number of aromatic nitrogens is 3. The van der Waals surface area contributed by atoms with Crippen molar-refractivity contribution in [1.29, 1.82) is 0 Å². The van der Waals surface area contributed by atoms with Crippen LogP contribution in [0, 0.1) is 5.41 Å². The summed E-state index contributed by atoms with van der Waals surface area (Å²) in [5.41, 5.74) is 11.2. The third-order valence-electron chi connectivity index (χ3n) is 5.33. The van der Waals surface area contributed by atoms with Gasteiger partial charge in [0.1, 0.15) is 10.8 Å². The normalized spacial score (nSPS) is 18.1. The Labute approximate surface area is 165 Å². The molecule has 0 aromatic carbocycles. The van der Waals surface area contributed by atoms with Gasteiger partial charge in [-0.05, 0) is 37.3 Å². The third-order valence-corrected chi connectivity index (χ3v) is 6.38. The van der Waals surface area contributed by atoms with Gasteiger partial charge in [0.15, 0.2) is 11.5 Å². The first-order valence-corrected chi connectivity index (χ1v) is 9.75. The number of anilines is 2. The van der Waals surface area contributed by atoms with E-state index in [1.54, 1.807) is 6.20 Å². The lowest BCUT2D eigenvalue weighted by atomic mass is 9.75. The van der Waals surface area contributed by atoms with Gasteiger partial charge in [0, 0.05) is 30.2 Å². The maximum atomic E-state index is 13.1. The van der Waals surface area contributed by atoms with E-state index < -0.39 is 11.9 Å². The van der Waals surface area contributed by atoms with Crippen LogP contribution in [0.4, 0.5) is 24.8 Å². The van der Waals surface area contributed by atoms with Gasteiger partial charge in [0.2, 0.25) is 0 Å². The van der Waals surface area contributed by atoms with E-state index in [4.69, 9.17) is 11.5 Å². The average Bonchev–Trinajstić information content (AvgIpc) is 2.63. The zero-order valence-corrected chi connectivity index (χ0v) is 16.5. The van der Waals surface area contributed by atoms with Crippen molar-refractivity contribution in [2.24, 2.45) is 11.1 Å². The second kappa shape index (κ2) is 7.75. The van der Waals surface area contributed by atoms with Crippen molar-refractivity contribution in [3.05, 3.63) is 30.2 Å². The highest BCUT2D eigenvalue weighted by molar-refractivity contribution is 7.99. The van der Waals surface area contributed by atoms with Crippen molar-refractivity contribution in [2.75, 3.05) is 23.7 Å². The predicted octanol–water partition coefficient (Wildman–Crippen LogP) is 3.58. The number of hydrogen-bond acceptors (Lipinski definition) is 7. The van der Waals surface area contributed by atoms with Gasteiger partial charge in [0.05, 0.1) is 6.20 Å². The summed E-state index contributed by atoms with van der Waals surface area (Å²) in [6.45, 7) is 5.76. The van der Waals surface area contributed by atoms with Gasteiger partial charge in [0.25, 0.3) is 0 Å². The van der Waals surface area contributed by atoms with Gasteiger partial charge < -0.3 is 16.4 Å². The minimum absolute atomic E-state index is 0.0607. The summed E-state index contributed by atoms with van der Waals surface area (Å²) >= 11 is 0.811. The summed E-state index contributed by atoms with van der Waals surface area (Å²) < 4.78 is 39.4. The Bertz CT molecular complexity index is 834. The molecule has 2 aromatic heterocycles. The van der Waals surface area contributed by atoms with E-state index in [0.717, 1.165) is 43.9 Å². The highest BCUT2D eigenvalue weighted by Crippen LogP contribution is 2.39. The molecule has 10 heteroatoms. The fraction of sp³-hybridized carbons (Fsp3) is 0.500. The molecule has 0 radical (unpaired) electrons. The number of nitrogens with two attached hydrogens (primary N) is 2. The Balaban J connectivity index is 1.76. The number of piperidine rings is 1. The maximum absolute atomic E-state index is 13.1. The number of hydrogen-bond donors (Lipinski definition) is 2. The summed E-state index contributed by atoms with van der Waals surface area (Å²) in [4.78, 5) is 14.1. The van der Waals surface area contributed by atoms with Gasteiger partial charge in [-0.1, -0.05) is 18.7 Å². The van der Waals surface area contributed by atoms with Crippen LogP contribution in [0.3, 0.4) is 0 Å². The molecule has 1 aliphatic rings. The topological polar surface area (TPSA) is 94.0 Å². The molecule has 3 heterocycles. The Hall–Kier alpha value is -2.07. The van der Waals surface area contributed by atoms with E-state index >= 15 is 0 Å². The SMILES string of the molecule is C[C@H](N)C1(C)CCN(c2cnc(Sc3cccnc3C(F)(F)F)c(N)n2)CC1. The Morgan fingerprint density at radius 2 is 1.93 bits per heavy atom. The van der Waals surface area contributed by atoms with Crippen molar-refractivity contribution >= 4 is 23.4 Å². The molecule has 1 saturated heterocycles. The number of nitrogen functional groups attached to an aromatic ring is 1. The summed E-state index contributed by atoms with van der Waals surface area (Å²) in [5.74, 6) is 0.718. The monoisotopic (exact) mass is 412 g/mol. The number of pyridine rings is 1. The Morgan fingerprint density at radius 1 is 1.25 bits per heavy atom.